The van der Waals surface area contributed by atoms with Gasteiger partial charge in [0.2, 0.25) is 0 Å². The molecule has 0 saturated heterocycles. The predicted molar refractivity (Wildman–Crippen MR) is 73.4 cm³/mol. The van der Waals surface area contributed by atoms with Crippen molar-refractivity contribution in [2.75, 3.05) is 26.9 Å². The van der Waals surface area contributed by atoms with E-state index in [4.69, 9.17) is 9.47 Å². The van der Waals surface area contributed by atoms with Crippen LogP contribution in [-0.4, -0.2) is 38.5 Å². The van der Waals surface area contributed by atoms with Crippen LogP contribution >= 0.6 is 0 Å². The van der Waals surface area contributed by atoms with E-state index in [0.717, 1.165) is 13.2 Å². The van der Waals surface area contributed by atoms with E-state index in [1.807, 2.05) is 0 Å². The Hall–Kier alpha value is -0.120. The summed E-state index contributed by atoms with van der Waals surface area (Å²) in [5.74, 6) is 0.683. The molecule has 1 unspecified atom stereocenters. The maximum Gasteiger partial charge on any atom is 0.0797 e. The molecule has 0 aliphatic rings. The van der Waals surface area contributed by atoms with Crippen molar-refractivity contribution in [1.29, 1.82) is 0 Å². The zero-order chi connectivity index (χ0) is 13.3. The highest BCUT2D eigenvalue weighted by Gasteiger charge is 2.28. The van der Waals surface area contributed by atoms with Gasteiger partial charge in [-0.2, -0.15) is 0 Å². The van der Waals surface area contributed by atoms with Crippen LogP contribution in [0.5, 0.6) is 0 Å². The summed E-state index contributed by atoms with van der Waals surface area (Å²) in [7, 11) is 1.76. The number of ether oxygens (including phenoxy) is 2. The number of likely N-dealkylation sites (N-methyl/N-ethyl adjacent to an activating group) is 1. The normalized spacial score (nSPS) is 14.3. The van der Waals surface area contributed by atoms with Gasteiger partial charge < -0.3 is 14.8 Å². The van der Waals surface area contributed by atoms with Crippen molar-refractivity contribution in [1.82, 2.24) is 5.32 Å². The molecule has 0 bridgehead atoms. The van der Waals surface area contributed by atoms with Crippen LogP contribution in [0.1, 0.15) is 47.5 Å². The molecule has 0 aromatic rings. The van der Waals surface area contributed by atoms with E-state index in [1.54, 1.807) is 7.11 Å². The summed E-state index contributed by atoms with van der Waals surface area (Å²) in [5.41, 5.74) is -0.191. The van der Waals surface area contributed by atoms with Gasteiger partial charge in [-0.25, -0.2) is 0 Å². The summed E-state index contributed by atoms with van der Waals surface area (Å²) in [6, 6.07) is 0.242. The van der Waals surface area contributed by atoms with E-state index in [9.17, 15) is 0 Å². The first-order valence-corrected chi connectivity index (χ1v) is 6.87. The molecule has 0 aromatic carbocycles. The Morgan fingerprint density at radius 2 is 1.65 bits per heavy atom. The molecule has 3 nitrogen and oxygen atoms in total. The Morgan fingerprint density at radius 3 is 2.06 bits per heavy atom. The Bertz CT molecular complexity index is 179. The van der Waals surface area contributed by atoms with Crippen LogP contribution < -0.4 is 5.32 Å². The third kappa shape index (κ3) is 6.39. The second-order valence-corrected chi connectivity index (χ2v) is 5.14. The second-order valence-electron chi connectivity index (χ2n) is 5.14. The van der Waals surface area contributed by atoms with Gasteiger partial charge in [-0.3, -0.25) is 0 Å². The highest BCUT2D eigenvalue weighted by molar-refractivity contribution is 4.85. The van der Waals surface area contributed by atoms with Gasteiger partial charge in [-0.1, -0.05) is 33.6 Å². The molecule has 1 N–H and O–H groups in total. The standard InChI is InChI=1S/C14H31NO2/c1-7-12(8-2)10-17-11-13(15-9-3)14(4,5)16-6/h12-13,15H,7-11H2,1-6H3. The molecule has 0 spiro atoms. The second kappa shape index (κ2) is 8.90. The number of hydrogen-bond acceptors (Lipinski definition) is 3. The zero-order valence-corrected chi connectivity index (χ0v) is 12.5. The van der Waals surface area contributed by atoms with Gasteiger partial charge in [-0.15, -0.1) is 0 Å². The van der Waals surface area contributed by atoms with E-state index in [1.165, 1.54) is 12.8 Å². The van der Waals surface area contributed by atoms with Crippen LogP contribution in [0.2, 0.25) is 0 Å². The maximum absolute atomic E-state index is 5.84. The van der Waals surface area contributed by atoms with Crippen molar-refractivity contribution in [3.63, 3.8) is 0 Å². The largest absolute Gasteiger partial charge is 0.379 e. The van der Waals surface area contributed by atoms with E-state index < -0.39 is 0 Å². The first-order valence-electron chi connectivity index (χ1n) is 6.87. The summed E-state index contributed by atoms with van der Waals surface area (Å²) in [6.45, 7) is 13.3. The minimum absolute atomic E-state index is 0.191. The number of methoxy groups -OCH3 is 1. The first kappa shape index (κ1) is 16.9. The van der Waals surface area contributed by atoms with Crippen molar-refractivity contribution in [2.24, 2.45) is 5.92 Å². The Balaban J connectivity index is 4.09. The van der Waals surface area contributed by atoms with Gasteiger partial charge in [-0.05, 0) is 26.3 Å². The fraction of sp³-hybridized carbons (Fsp3) is 1.00. The molecule has 3 heteroatoms. The van der Waals surface area contributed by atoms with Crippen LogP contribution in [0.25, 0.3) is 0 Å². The molecule has 0 saturated carbocycles. The summed E-state index contributed by atoms with van der Waals surface area (Å²) in [6.07, 6.45) is 2.38. The molecule has 0 heterocycles. The number of nitrogens with one attached hydrogen (secondary N) is 1. The zero-order valence-electron chi connectivity index (χ0n) is 12.5. The van der Waals surface area contributed by atoms with Gasteiger partial charge in [0.1, 0.15) is 0 Å². The van der Waals surface area contributed by atoms with Crippen LogP contribution in [-0.2, 0) is 9.47 Å². The highest BCUT2D eigenvalue weighted by atomic mass is 16.5. The van der Waals surface area contributed by atoms with Crippen molar-refractivity contribution in [3.8, 4) is 0 Å². The number of hydrogen-bond donors (Lipinski definition) is 1. The molecule has 0 aromatic heterocycles. The first-order chi connectivity index (χ1) is 8.01. The summed E-state index contributed by atoms with van der Waals surface area (Å²) in [5, 5.41) is 3.43. The van der Waals surface area contributed by atoms with Crippen molar-refractivity contribution >= 4 is 0 Å². The van der Waals surface area contributed by atoms with Gasteiger partial charge in [0.15, 0.2) is 0 Å². The SMILES string of the molecule is CCNC(COCC(CC)CC)C(C)(C)OC. The molecular weight excluding hydrogens is 214 g/mol. The van der Waals surface area contributed by atoms with E-state index in [2.05, 4.69) is 39.9 Å². The Kier molecular flexibility index (Phi) is 8.83. The van der Waals surface area contributed by atoms with Gasteiger partial charge >= 0.3 is 0 Å². The third-order valence-electron chi connectivity index (χ3n) is 3.61. The fourth-order valence-corrected chi connectivity index (χ4v) is 1.77. The van der Waals surface area contributed by atoms with Gasteiger partial charge in [0.25, 0.3) is 0 Å². The molecule has 0 aliphatic heterocycles. The van der Waals surface area contributed by atoms with Crippen molar-refractivity contribution in [3.05, 3.63) is 0 Å². The van der Waals surface area contributed by atoms with Crippen molar-refractivity contribution in [2.45, 2.75) is 59.1 Å². The number of rotatable bonds is 10. The Labute approximate surface area is 107 Å². The molecule has 0 fully saturated rings. The highest BCUT2D eigenvalue weighted by Crippen LogP contribution is 2.15. The minimum atomic E-state index is -0.191. The monoisotopic (exact) mass is 245 g/mol. The lowest BCUT2D eigenvalue weighted by Gasteiger charge is -2.33. The summed E-state index contributed by atoms with van der Waals surface area (Å²) >= 11 is 0. The summed E-state index contributed by atoms with van der Waals surface area (Å²) < 4.78 is 11.4. The van der Waals surface area contributed by atoms with E-state index in [-0.39, 0.29) is 11.6 Å². The predicted octanol–water partition coefficient (Wildman–Crippen LogP) is 2.84. The van der Waals surface area contributed by atoms with Gasteiger partial charge in [0, 0.05) is 13.7 Å². The molecule has 0 aliphatic carbocycles. The van der Waals surface area contributed by atoms with Crippen LogP contribution in [0.4, 0.5) is 0 Å². The van der Waals surface area contributed by atoms with Crippen molar-refractivity contribution < 1.29 is 9.47 Å². The average molecular weight is 245 g/mol. The smallest absolute Gasteiger partial charge is 0.0797 e. The van der Waals surface area contributed by atoms with E-state index >= 15 is 0 Å². The van der Waals surface area contributed by atoms with Crippen LogP contribution in [0, 0.1) is 5.92 Å². The molecular formula is C14H31NO2. The lowest BCUT2D eigenvalue weighted by molar-refractivity contribution is -0.0425. The molecule has 0 rings (SSSR count). The van der Waals surface area contributed by atoms with E-state index in [0.29, 0.717) is 12.5 Å². The lowest BCUT2D eigenvalue weighted by atomic mass is 9.99. The maximum atomic E-state index is 5.84. The topological polar surface area (TPSA) is 30.5 Å². The third-order valence-corrected chi connectivity index (χ3v) is 3.61. The van der Waals surface area contributed by atoms with Crippen LogP contribution in [0.15, 0.2) is 0 Å². The average Bonchev–Trinajstić information content (AvgIpc) is 2.33. The molecule has 0 amide bonds. The van der Waals surface area contributed by atoms with Gasteiger partial charge in [0.05, 0.1) is 18.2 Å². The molecule has 1 atom stereocenters. The minimum Gasteiger partial charge on any atom is -0.379 e. The molecule has 104 valence electrons. The quantitative estimate of drug-likeness (QED) is 0.642. The van der Waals surface area contributed by atoms with Crippen LogP contribution in [0.3, 0.4) is 0 Å². The Morgan fingerprint density at radius 1 is 1.06 bits per heavy atom. The molecule has 17 heavy (non-hydrogen) atoms. The fourth-order valence-electron chi connectivity index (χ4n) is 1.77. The molecule has 0 radical (unpaired) electrons. The summed E-state index contributed by atoms with van der Waals surface area (Å²) in [4.78, 5) is 0. The lowest BCUT2D eigenvalue weighted by Crippen LogP contribution is -2.51.